The average Bonchev–Trinajstić information content (AvgIpc) is 2.00. The summed E-state index contributed by atoms with van der Waals surface area (Å²) >= 11 is 0. The lowest BCUT2D eigenvalue weighted by molar-refractivity contribution is -0.141. The number of allylic oxidation sites excluding steroid dienone is 2. The molecule has 0 aliphatic carbocycles. The van der Waals surface area contributed by atoms with E-state index in [1.165, 1.54) is 0 Å². The molecule has 0 saturated carbocycles. The van der Waals surface area contributed by atoms with E-state index in [4.69, 9.17) is 5.11 Å². The number of hydrogen-bond acceptors (Lipinski definition) is 2. The van der Waals surface area contributed by atoms with Gasteiger partial charge in [-0.15, -0.1) is 0 Å². The quantitative estimate of drug-likeness (QED) is 0.638. The fraction of sp³-hybridized carbons (Fsp3) is 0.500. The summed E-state index contributed by atoms with van der Waals surface area (Å²) in [7, 11) is 0. The minimum atomic E-state index is -0.886. The second-order valence-electron chi connectivity index (χ2n) is 3.25. The molecule has 0 rings (SSSR count). The number of aliphatic hydroxyl groups excluding tert-OH is 1. The van der Waals surface area contributed by atoms with Crippen LogP contribution in [0.15, 0.2) is 24.3 Å². The molecule has 0 bridgehead atoms. The second-order valence-corrected chi connectivity index (χ2v) is 3.25. The zero-order chi connectivity index (χ0) is 10.4. The zero-order valence-corrected chi connectivity index (χ0v) is 8.03. The van der Waals surface area contributed by atoms with Gasteiger partial charge in [0.05, 0.1) is 12.0 Å². The van der Waals surface area contributed by atoms with Crippen molar-refractivity contribution in [3.63, 3.8) is 0 Å². The zero-order valence-electron chi connectivity index (χ0n) is 8.03. The third-order valence-corrected chi connectivity index (χ3v) is 1.62. The lowest BCUT2D eigenvalue weighted by atomic mass is 10.0. The molecule has 0 aromatic heterocycles. The standard InChI is InChI=1S/C10H16O3/c1-7(2)4-5-9(11)6-8(3)10(12)13/h4-5,8-9,11H,1,6H2,2-3H3,(H,12,13). The molecule has 3 nitrogen and oxygen atoms in total. The van der Waals surface area contributed by atoms with Gasteiger partial charge in [-0.05, 0) is 13.3 Å². The lowest BCUT2D eigenvalue weighted by Crippen LogP contribution is -2.16. The Morgan fingerprint density at radius 1 is 1.62 bits per heavy atom. The van der Waals surface area contributed by atoms with Crippen LogP contribution >= 0.6 is 0 Å². The number of aliphatic carboxylic acids is 1. The highest BCUT2D eigenvalue weighted by Crippen LogP contribution is 2.07. The molecule has 0 amide bonds. The van der Waals surface area contributed by atoms with Gasteiger partial charge in [0, 0.05) is 0 Å². The molecule has 0 heterocycles. The van der Waals surface area contributed by atoms with Crippen molar-refractivity contribution >= 4 is 5.97 Å². The Labute approximate surface area is 78.4 Å². The Bertz CT molecular complexity index is 218. The minimum Gasteiger partial charge on any atom is -0.481 e. The van der Waals surface area contributed by atoms with Crippen molar-refractivity contribution in [3.8, 4) is 0 Å². The Morgan fingerprint density at radius 3 is 2.54 bits per heavy atom. The molecule has 13 heavy (non-hydrogen) atoms. The van der Waals surface area contributed by atoms with Gasteiger partial charge >= 0.3 is 5.97 Å². The first-order valence-corrected chi connectivity index (χ1v) is 4.18. The molecule has 0 aromatic carbocycles. The first kappa shape index (κ1) is 11.9. The topological polar surface area (TPSA) is 57.5 Å². The molecule has 2 N–H and O–H groups in total. The van der Waals surface area contributed by atoms with Gasteiger partial charge in [0.25, 0.3) is 0 Å². The van der Waals surface area contributed by atoms with Crippen LogP contribution in [0, 0.1) is 5.92 Å². The normalized spacial score (nSPS) is 15.6. The van der Waals surface area contributed by atoms with E-state index in [1.807, 2.05) is 6.92 Å². The fourth-order valence-electron chi connectivity index (χ4n) is 0.817. The van der Waals surface area contributed by atoms with Gasteiger partial charge in [-0.3, -0.25) is 4.79 Å². The van der Waals surface area contributed by atoms with E-state index in [2.05, 4.69) is 6.58 Å². The third kappa shape index (κ3) is 6.11. The van der Waals surface area contributed by atoms with Gasteiger partial charge in [0.2, 0.25) is 0 Å². The summed E-state index contributed by atoms with van der Waals surface area (Å²) in [5.74, 6) is -1.41. The van der Waals surface area contributed by atoms with Crippen LogP contribution in [0.1, 0.15) is 20.3 Å². The summed E-state index contributed by atoms with van der Waals surface area (Å²) < 4.78 is 0. The van der Waals surface area contributed by atoms with Gasteiger partial charge in [-0.25, -0.2) is 0 Å². The average molecular weight is 184 g/mol. The van der Waals surface area contributed by atoms with Crippen LogP contribution in [-0.4, -0.2) is 22.3 Å². The monoisotopic (exact) mass is 184 g/mol. The molecule has 0 aromatic rings. The lowest BCUT2D eigenvalue weighted by Gasteiger charge is -2.08. The molecule has 0 fully saturated rings. The van der Waals surface area contributed by atoms with Crippen molar-refractivity contribution in [2.24, 2.45) is 5.92 Å². The molecular formula is C10H16O3. The molecule has 0 aliphatic rings. The highest BCUT2D eigenvalue weighted by atomic mass is 16.4. The van der Waals surface area contributed by atoms with Crippen molar-refractivity contribution in [3.05, 3.63) is 24.3 Å². The van der Waals surface area contributed by atoms with Crippen LogP contribution in [0.4, 0.5) is 0 Å². The van der Waals surface area contributed by atoms with E-state index in [0.29, 0.717) is 0 Å². The van der Waals surface area contributed by atoms with Crippen LogP contribution in [0.5, 0.6) is 0 Å². The number of aliphatic hydroxyl groups is 1. The largest absolute Gasteiger partial charge is 0.481 e. The van der Waals surface area contributed by atoms with E-state index >= 15 is 0 Å². The van der Waals surface area contributed by atoms with Crippen molar-refractivity contribution in [2.75, 3.05) is 0 Å². The summed E-state index contributed by atoms with van der Waals surface area (Å²) in [6, 6.07) is 0. The van der Waals surface area contributed by atoms with E-state index in [9.17, 15) is 9.90 Å². The summed E-state index contributed by atoms with van der Waals surface area (Å²) in [4.78, 5) is 10.4. The maximum Gasteiger partial charge on any atom is 0.306 e. The smallest absolute Gasteiger partial charge is 0.306 e. The molecule has 74 valence electrons. The highest BCUT2D eigenvalue weighted by molar-refractivity contribution is 5.69. The maximum absolute atomic E-state index is 10.4. The minimum absolute atomic E-state index is 0.235. The number of carbonyl (C=O) groups is 1. The summed E-state index contributed by atoms with van der Waals surface area (Å²) in [6.07, 6.45) is 2.77. The Hall–Kier alpha value is -1.09. The summed E-state index contributed by atoms with van der Waals surface area (Å²) in [5, 5.41) is 17.9. The number of rotatable bonds is 5. The number of carboxylic acid groups (broad SMARTS) is 1. The SMILES string of the molecule is C=C(C)C=CC(O)CC(C)C(=O)O. The predicted molar refractivity (Wildman–Crippen MR) is 51.4 cm³/mol. The first-order chi connectivity index (χ1) is 5.93. The Kier molecular flexibility index (Phi) is 5.07. The maximum atomic E-state index is 10.4. The van der Waals surface area contributed by atoms with Crippen LogP contribution in [0.3, 0.4) is 0 Å². The van der Waals surface area contributed by atoms with E-state index in [1.54, 1.807) is 19.1 Å². The molecule has 0 radical (unpaired) electrons. The summed E-state index contributed by atoms with van der Waals surface area (Å²) in [6.45, 7) is 7.01. The third-order valence-electron chi connectivity index (χ3n) is 1.62. The van der Waals surface area contributed by atoms with Gasteiger partial charge in [0.15, 0.2) is 0 Å². The Balaban J connectivity index is 3.93. The molecule has 2 unspecified atom stereocenters. The van der Waals surface area contributed by atoms with Crippen LogP contribution in [0.25, 0.3) is 0 Å². The van der Waals surface area contributed by atoms with E-state index in [-0.39, 0.29) is 6.42 Å². The van der Waals surface area contributed by atoms with Gasteiger partial charge < -0.3 is 10.2 Å². The summed E-state index contributed by atoms with van der Waals surface area (Å²) in [5.41, 5.74) is 0.835. The predicted octanol–water partition coefficient (Wildman–Crippen LogP) is 1.59. The Morgan fingerprint density at radius 2 is 2.15 bits per heavy atom. The molecule has 3 heteroatoms. The second kappa shape index (κ2) is 5.54. The number of carboxylic acids is 1. The number of hydrogen-bond donors (Lipinski definition) is 2. The molecule has 2 atom stereocenters. The van der Waals surface area contributed by atoms with Gasteiger partial charge in [-0.1, -0.05) is 31.2 Å². The van der Waals surface area contributed by atoms with Crippen molar-refractivity contribution in [1.82, 2.24) is 0 Å². The molecule has 0 aliphatic heterocycles. The van der Waals surface area contributed by atoms with E-state index in [0.717, 1.165) is 5.57 Å². The first-order valence-electron chi connectivity index (χ1n) is 4.18. The molecule has 0 spiro atoms. The highest BCUT2D eigenvalue weighted by Gasteiger charge is 2.13. The van der Waals surface area contributed by atoms with Crippen molar-refractivity contribution in [1.29, 1.82) is 0 Å². The van der Waals surface area contributed by atoms with Crippen LogP contribution in [-0.2, 0) is 4.79 Å². The van der Waals surface area contributed by atoms with E-state index < -0.39 is 18.0 Å². The van der Waals surface area contributed by atoms with Crippen LogP contribution in [0.2, 0.25) is 0 Å². The molecular weight excluding hydrogens is 168 g/mol. The van der Waals surface area contributed by atoms with Crippen molar-refractivity contribution in [2.45, 2.75) is 26.4 Å². The van der Waals surface area contributed by atoms with Gasteiger partial charge in [-0.2, -0.15) is 0 Å². The van der Waals surface area contributed by atoms with Gasteiger partial charge in [0.1, 0.15) is 0 Å². The molecule has 0 saturated heterocycles. The van der Waals surface area contributed by atoms with Crippen LogP contribution < -0.4 is 0 Å². The van der Waals surface area contributed by atoms with Crippen molar-refractivity contribution < 1.29 is 15.0 Å². The fourth-order valence-corrected chi connectivity index (χ4v) is 0.817.